The largest absolute Gasteiger partial charge is 0.232 e. The van der Waals surface area contributed by atoms with Crippen LogP contribution < -0.4 is 0 Å². The highest BCUT2D eigenvalue weighted by atomic mass is 35.5. The molecule has 1 aliphatic carbocycles. The molecule has 2 nitrogen and oxygen atoms in total. The van der Waals surface area contributed by atoms with Crippen LogP contribution in [-0.4, -0.2) is 9.97 Å². The average Bonchev–Trinajstić information content (AvgIpc) is 2.17. The number of benzene rings is 1. The minimum absolute atomic E-state index is 0.531. The summed E-state index contributed by atoms with van der Waals surface area (Å²) < 4.78 is 0. The van der Waals surface area contributed by atoms with Crippen LogP contribution in [0.25, 0.3) is 10.9 Å². The Morgan fingerprint density at radius 3 is 2.75 bits per heavy atom. The molecule has 1 saturated carbocycles. The van der Waals surface area contributed by atoms with Gasteiger partial charge in [-0.05, 0) is 31.9 Å². The Kier molecular flexibility index (Phi) is 2.32. The molecule has 0 unspecified atom stereocenters. The molecule has 16 heavy (non-hydrogen) atoms. The number of hydrogen-bond donors (Lipinski definition) is 0. The van der Waals surface area contributed by atoms with E-state index in [0.717, 1.165) is 16.7 Å². The molecule has 0 N–H and O–H groups in total. The Bertz CT molecular complexity index is 547. The summed E-state index contributed by atoms with van der Waals surface area (Å²) in [4.78, 5) is 9.02. The molecular weight excluding hydrogens is 220 g/mol. The van der Waals surface area contributed by atoms with Gasteiger partial charge in [0.1, 0.15) is 11.0 Å². The zero-order valence-electron chi connectivity index (χ0n) is 9.20. The average molecular weight is 233 g/mol. The third-order valence-electron chi connectivity index (χ3n) is 3.29. The summed E-state index contributed by atoms with van der Waals surface area (Å²) in [5.41, 5.74) is 2.15. The maximum Gasteiger partial charge on any atom is 0.140 e. The molecule has 1 aliphatic rings. The highest BCUT2D eigenvalue weighted by Crippen LogP contribution is 2.35. The van der Waals surface area contributed by atoms with Gasteiger partial charge in [0.2, 0.25) is 0 Å². The van der Waals surface area contributed by atoms with Crippen molar-refractivity contribution in [3.05, 3.63) is 34.7 Å². The molecule has 0 spiro atoms. The van der Waals surface area contributed by atoms with E-state index in [1.54, 1.807) is 0 Å². The monoisotopic (exact) mass is 232 g/mol. The molecular formula is C13H13ClN2. The summed E-state index contributed by atoms with van der Waals surface area (Å²) in [6.45, 7) is 2.05. The molecule has 1 fully saturated rings. The Labute approximate surface area is 99.7 Å². The summed E-state index contributed by atoms with van der Waals surface area (Å²) in [6, 6.07) is 6.14. The molecule has 1 heterocycles. The minimum atomic E-state index is 0.531. The highest BCUT2D eigenvalue weighted by molar-refractivity contribution is 6.34. The topological polar surface area (TPSA) is 25.8 Å². The van der Waals surface area contributed by atoms with Crippen LogP contribution in [0.5, 0.6) is 0 Å². The molecule has 82 valence electrons. The lowest BCUT2D eigenvalue weighted by molar-refractivity contribution is 0.402. The van der Waals surface area contributed by atoms with E-state index < -0.39 is 0 Å². The number of aryl methyl sites for hydroxylation is 1. The first kappa shape index (κ1) is 10.0. The second-order valence-electron chi connectivity index (χ2n) is 4.52. The lowest BCUT2D eigenvalue weighted by Gasteiger charge is -2.24. The first-order valence-electron chi connectivity index (χ1n) is 5.68. The van der Waals surface area contributed by atoms with E-state index in [2.05, 4.69) is 23.0 Å². The van der Waals surface area contributed by atoms with E-state index in [-0.39, 0.29) is 0 Å². The van der Waals surface area contributed by atoms with Gasteiger partial charge in [-0.25, -0.2) is 9.97 Å². The first-order valence-corrected chi connectivity index (χ1v) is 6.05. The van der Waals surface area contributed by atoms with Gasteiger partial charge in [0, 0.05) is 11.3 Å². The minimum Gasteiger partial charge on any atom is -0.232 e. The van der Waals surface area contributed by atoms with Crippen molar-refractivity contribution in [2.75, 3.05) is 0 Å². The number of hydrogen-bond acceptors (Lipinski definition) is 2. The summed E-state index contributed by atoms with van der Waals surface area (Å²) >= 11 is 6.21. The highest BCUT2D eigenvalue weighted by Gasteiger charge is 2.23. The van der Waals surface area contributed by atoms with Crippen molar-refractivity contribution < 1.29 is 0 Å². The Balaban J connectivity index is 2.17. The van der Waals surface area contributed by atoms with Crippen LogP contribution in [0.1, 0.15) is 36.6 Å². The number of nitrogens with zero attached hydrogens (tertiary/aromatic N) is 2. The van der Waals surface area contributed by atoms with Crippen molar-refractivity contribution in [3.63, 3.8) is 0 Å². The van der Waals surface area contributed by atoms with E-state index in [1.807, 2.05) is 12.1 Å². The fourth-order valence-electron chi connectivity index (χ4n) is 2.07. The smallest absolute Gasteiger partial charge is 0.140 e. The Morgan fingerprint density at radius 2 is 2.06 bits per heavy atom. The summed E-state index contributed by atoms with van der Waals surface area (Å²) in [5.74, 6) is 1.45. The van der Waals surface area contributed by atoms with Crippen molar-refractivity contribution in [3.8, 4) is 0 Å². The van der Waals surface area contributed by atoms with E-state index in [0.29, 0.717) is 11.1 Å². The van der Waals surface area contributed by atoms with Crippen LogP contribution in [0.3, 0.4) is 0 Å². The molecule has 0 aliphatic heterocycles. The van der Waals surface area contributed by atoms with Gasteiger partial charge in [-0.1, -0.05) is 29.7 Å². The van der Waals surface area contributed by atoms with Gasteiger partial charge in [0.15, 0.2) is 0 Å². The van der Waals surface area contributed by atoms with Gasteiger partial charge in [-0.3, -0.25) is 0 Å². The lowest BCUT2D eigenvalue weighted by atomic mass is 9.85. The number of fused-ring (bicyclic) bond motifs is 1. The van der Waals surface area contributed by atoms with Crippen LogP contribution in [0.15, 0.2) is 18.2 Å². The van der Waals surface area contributed by atoms with Crippen LogP contribution in [0.4, 0.5) is 0 Å². The molecule has 0 bridgehead atoms. The zero-order valence-corrected chi connectivity index (χ0v) is 9.96. The lowest BCUT2D eigenvalue weighted by Crippen LogP contribution is -2.12. The maximum atomic E-state index is 6.21. The fraction of sp³-hybridized carbons (Fsp3) is 0.385. The van der Waals surface area contributed by atoms with Crippen LogP contribution in [0, 0.1) is 6.92 Å². The van der Waals surface area contributed by atoms with E-state index in [9.17, 15) is 0 Å². The first-order chi connectivity index (χ1) is 7.74. The maximum absolute atomic E-state index is 6.21. The molecule has 0 amide bonds. The summed E-state index contributed by atoms with van der Waals surface area (Å²) in [7, 11) is 0. The van der Waals surface area contributed by atoms with Gasteiger partial charge in [0.05, 0.1) is 5.52 Å². The van der Waals surface area contributed by atoms with Gasteiger partial charge in [-0.2, -0.15) is 0 Å². The van der Waals surface area contributed by atoms with Crippen molar-refractivity contribution in [2.45, 2.75) is 32.1 Å². The number of rotatable bonds is 1. The Morgan fingerprint density at radius 1 is 1.25 bits per heavy atom. The van der Waals surface area contributed by atoms with E-state index in [4.69, 9.17) is 11.6 Å². The quantitative estimate of drug-likeness (QED) is 0.698. The van der Waals surface area contributed by atoms with Crippen LogP contribution in [-0.2, 0) is 0 Å². The number of aromatic nitrogens is 2. The molecule has 2 aromatic rings. The van der Waals surface area contributed by atoms with E-state index in [1.165, 1.54) is 24.8 Å². The molecule has 1 aromatic carbocycles. The van der Waals surface area contributed by atoms with Gasteiger partial charge < -0.3 is 0 Å². The molecule has 0 atom stereocenters. The second kappa shape index (κ2) is 3.70. The molecule has 3 heteroatoms. The van der Waals surface area contributed by atoms with Crippen LogP contribution in [0.2, 0.25) is 5.15 Å². The molecule has 1 aromatic heterocycles. The van der Waals surface area contributed by atoms with Crippen molar-refractivity contribution in [1.29, 1.82) is 0 Å². The fourth-order valence-corrected chi connectivity index (χ4v) is 2.31. The zero-order chi connectivity index (χ0) is 11.1. The third-order valence-corrected chi connectivity index (χ3v) is 3.58. The molecule has 0 radical (unpaired) electrons. The SMILES string of the molecule is Cc1ccc2nc(C3CCC3)nc(Cl)c2c1. The van der Waals surface area contributed by atoms with Crippen LogP contribution >= 0.6 is 11.6 Å². The van der Waals surface area contributed by atoms with Crippen molar-refractivity contribution in [1.82, 2.24) is 9.97 Å². The van der Waals surface area contributed by atoms with Gasteiger partial charge in [-0.15, -0.1) is 0 Å². The van der Waals surface area contributed by atoms with Crippen molar-refractivity contribution in [2.24, 2.45) is 0 Å². The predicted molar refractivity (Wildman–Crippen MR) is 65.9 cm³/mol. The summed E-state index contributed by atoms with van der Waals surface area (Å²) in [5, 5.41) is 1.56. The molecule has 0 saturated heterocycles. The predicted octanol–water partition coefficient (Wildman–Crippen LogP) is 3.86. The standard InChI is InChI=1S/C13H13ClN2/c1-8-5-6-11-10(7-8)12(14)16-13(15-11)9-3-2-4-9/h5-7,9H,2-4H2,1H3. The van der Waals surface area contributed by atoms with Gasteiger partial charge >= 0.3 is 0 Å². The second-order valence-corrected chi connectivity index (χ2v) is 4.88. The summed E-state index contributed by atoms with van der Waals surface area (Å²) in [6.07, 6.45) is 3.69. The van der Waals surface area contributed by atoms with Gasteiger partial charge in [0.25, 0.3) is 0 Å². The van der Waals surface area contributed by atoms with Crippen molar-refractivity contribution >= 4 is 22.5 Å². The Hall–Kier alpha value is -1.15. The normalized spacial score (nSPS) is 16.4. The number of halogens is 1. The van der Waals surface area contributed by atoms with E-state index >= 15 is 0 Å². The third kappa shape index (κ3) is 1.57. The molecule has 3 rings (SSSR count).